The Hall–Kier alpha value is -2.02. The third-order valence-electron chi connectivity index (χ3n) is 4.25. The molecule has 1 aromatic carbocycles. The molecule has 2 rings (SSSR count). The van der Waals surface area contributed by atoms with Crippen LogP contribution in [-0.2, 0) is 20.7 Å². The fourth-order valence-electron chi connectivity index (χ4n) is 3.01. The Morgan fingerprint density at radius 1 is 1.32 bits per heavy atom. The Labute approximate surface area is 146 Å². The Balaban J connectivity index is 1.75. The summed E-state index contributed by atoms with van der Waals surface area (Å²) in [4.78, 5) is 25.7. The average Bonchev–Trinajstić information content (AvgIpc) is 2.58. The molecule has 0 aromatic heterocycles. The van der Waals surface area contributed by atoms with Crippen LogP contribution in [0.3, 0.4) is 0 Å². The van der Waals surface area contributed by atoms with Gasteiger partial charge in [-0.15, -0.1) is 0 Å². The smallest absolute Gasteiger partial charge is 0.310 e. The molecule has 1 saturated heterocycles. The molecule has 1 fully saturated rings. The number of carbonyl (C=O) groups excluding carboxylic acids is 2. The van der Waals surface area contributed by atoms with Crippen molar-refractivity contribution in [2.24, 2.45) is 5.92 Å². The molecule has 138 valence electrons. The number of esters is 1. The molecule has 0 aliphatic carbocycles. The molecule has 25 heavy (non-hydrogen) atoms. The van der Waals surface area contributed by atoms with Crippen LogP contribution in [-0.4, -0.2) is 49.6 Å². The number of hydrogen-bond acceptors (Lipinski definition) is 4. The molecule has 0 bridgehead atoms. The number of rotatable bonds is 7. The van der Waals surface area contributed by atoms with Gasteiger partial charge in [0.1, 0.15) is 11.6 Å². The van der Waals surface area contributed by atoms with Crippen molar-refractivity contribution in [2.75, 3.05) is 32.8 Å². The van der Waals surface area contributed by atoms with Gasteiger partial charge in [-0.2, -0.15) is 0 Å². The summed E-state index contributed by atoms with van der Waals surface area (Å²) in [5.41, 5.74) is -0.0249. The lowest BCUT2D eigenvalue weighted by Crippen LogP contribution is -2.44. The quantitative estimate of drug-likeness (QED) is 0.760. The molecular formula is C18H24F2N2O3. The third-order valence-corrected chi connectivity index (χ3v) is 4.25. The van der Waals surface area contributed by atoms with Gasteiger partial charge in [-0.05, 0) is 44.9 Å². The van der Waals surface area contributed by atoms with Crippen LogP contribution in [0.1, 0.15) is 25.3 Å². The maximum absolute atomic E-state index is 13.5. The second-order valence-electron chi connectivity index (χ2n) is 6.13. The summed E-state index contributed by atoms with van der Waals surface area (Å²) in [6.07, 6.45) is 1.69. The molecule has 1 aliphatic rings. The van der Waals surface area contributed by atoms with Gasteiger partial charge in [0.2, 0.25) is 5.91 Å². The van der Waals surface area contributed by atoms with Gasteiger partial charge in [0.15, 0.2) is 0 Å². The Morgan fingerprint density at radius 2 is 2.04 bits per heavy atom. The predicted molar refractivity (Wildman–Crippen MR) is 88.9 cm³/mol. The van der Waals surface area contributed by atoms with Gasteiger partial charge < -0.3 is 10.1 Å². The summed E-state index contributed by atoms with van der Waals surface area (Å²) in [6, 6.07) is 3.70. The molecule has 1 unspecified atom stereocenters. The molecule has 0 radical (unpaired) electrons. The lowest BCUT2D eigenvalue weighted by molar-refractivity contribution is -0.150. The summed E-state index contributed by atoms with van der Waals surface area (Å²) < 4.78 is 32.1. The van der Waals surface area contributed by atoms with E-state index >= 15 is 0 Å². The lowest BCUT2D eigenvalue weighted by Gasteiger charge is -2.30. The second kappa shape index (κ2) is 9.46. The first kappa shape index (κ1) is 19.3. The fourth-order valence-corrected chi connectivity index (χ4v) is 3.01. The topological polar surface area (TPSA) is 58.6 Å². The van der Waals surface area contributed by atoms with Crippen molar-refractivity contribution in [3.63, 3.8) is 0 Å². The normalized spacial score (nSPS) is 18.0. The van der Waals surface area contributed by atoms with E-state index in [4.69, 9.17) is 4.74 Å². The molecule has 5 nitrogen and oxygen atoms in total. The molecule has 1 atom stereocenters. The molecular weight excluding hydrogens is 330 g/mol. The number of ether oxygens (including phenoxy) is 1. The van der Waals surface area contributed by atoms with Crippen molar-refractivity contribution in [2.45, 2.75) is 26.2 Å². The number of amides is 1. The van der Waals surface area contributed by atoms with Gasteiger partial charge in [0, 0.05) is 18.7 Å². The maximum atomic E-state index is 13.5. The van der Waals surface area contributed by atoms with Crippen molar-refractivity contribution in [1.82, 2.24) is 10.2 Å². The molecule has 1 aromatic rings. The van der Waals surface area contributed by atoms with Gasteiger partial charge in [-0.25, -0.2) is 8.78 Å². The second-order valence-corrected chi connectivity index (χ2v) is 6.13. The largest absolute Gasteiger partial charge is 0.466 e. The Kier molecular flexibility index (Phi) is 7.31. The van der Waals surface area contributed by atoms with Gasteiger partial charge in [-0.3, -0.25) is 14.5 Å². The van der Waals surface area contributed by atoms with Crippen molar-refractivity contribution < 1.29 is 23.1 Å². The maximum Gasteiger partial charge on any atom is 0.310 e. The monoisotopic (exact) mass is 354 g/mol. The van der Waals surface area contributed by atoms with Crippen molar-refractivity contribution in [3.8, 4) is 0 Å². The predicted octanol–water partition coefficient (Wildman–Crippen LogP) is 1.90. The van der Waals surface area contributed by atoms with E-state index in [0.717, 1.165) is 19.4 Å². The molecule has 7 heteroatoms. The van der Waals surface area contributed by atoms with Crippen LogP contribution in [0.25, 0.3) is 0 Å². The average molecular weight is 354 g/mol. The van der Waals surface area contributed by atoms with E-state index in [1.807, 2.05) is 4.90 Å². The summed E-state index contributed by atoms with van der Waals surface area (Å²) >= 11 is 0. The summed E-state index contributed by atoms with van der Waals surface area (Å²) in [6.45, 7) is 3.67. The van der Waals surface area contributed by atoms with Crippen LogP contribution in [0.4, 0.5) is 8.78 Å². The highest BCUT2D eigenvalue weighted by Gasteiger charge is 2.27. The van der Waals surface area contributed by atoms with E-state index in [9.17, 15) is 18.4 Å². The number of nitrogens with zero attached hydrogens (tertiary/aromatic N) is 1. The lowest BCUT2D eigenvalue weighted by atomic mass is 9.98. The zero-order chi connectivity index (χ0) is 18.2. The Morgan fingerprint density at radius 3 is 2.72 bits per heavy atom. The highest BCUT2D eigenvalue weighted by atomic mass is 19.1. The minimum atomic E-state index is -0.609. The van der Waals surface area contributed by atoms with E-state index < -0.39 is 11.6 Å². The zero-order valence-corrected chi connectivity index (χ0v) is 14.4. The van der Waals surface area contributed by atoms with Crippen molar-refractivity contribution in [1.29, 1.82) is 0 Å². The van der Waals surface area contributed by atoms with E-state index in [1.54, 1.807) is 6.92 Å². The highest BCUT2D eigenvalue weighted by Crippen LogP contribution is 2.17. The molecule has 1 amide bonds. The van der Waals surface area contributed by atoms with Crippen LogP contribution in [0.15, 0.2) is 18.2 Å². The summed E-state index contributed by atoms with van der Waals surface area (Å²) in [5, 5.41) is 2.67. The van der Waals surface area contributed by atoms with E-state index in [0.29, 0.717) is 13.2 Å². The summed E-state index contributed by atoms with van der Waals surface area (Å²) in [5.74, 6) is -1.86. The number of likely N-dealkylation sites (tertiary alicyclic amines) is 1. The van der Waals surface area contributed by atoms with Gasteiger partial charge in [-0.1, -0.05) is 6.07 Å². The van der Waals surface area contributed by atoms with Gasteiger partial charge in [0.25, 0.3) is 0 Å². The highest BCUT2D eigenvalue weighted by molar-refractivity contribution is 5.78. The van der Waals surface area contributed by atoms with E-state index in [2.05, 4.69) is 5.32 Å². The van der Waals surface area contributed by atoms with E-state index in [1.165, 1.54) is 18.2 Å². The van der Waals surface area contributed by atoms with Crippen LogP contribution in [0.2, 0.25) is 0 Å². The Bertz CT molecular complexity index is 590. The number of carbonyl (C=O) groups is 2. The van der Waals surface area contributed by atoms with Crippen LogP contribution < -0.4 is 5.32 Å². The van der Waals surface area contributed by atoms with Crippen molar-refractivity contribution >= 4 is 11.9 Å². The first-order valence-corrected chi connectivity index (χ1v) is 8.59. The summed E-state index contributed by atoms with van der Waals surface area (Å²) in [7, 11) is 0. The minimum absolute atomic E-state index is 0.0249. The van der Waals surface area contributed by atoms with E-state index in [-0.39, 0.29) is 42.9 Å². The number of piperidine rings is 1. The van der Waals surface area contributed by atoms with Crippen molar-refractivity contribution in [3.05, 3.63) is 35.4 Å². The fraction of sp³-hybridized carbons (Fsp3) is 0.556. The number of halogens is 2. The zero-order valence-electron chi connectivity index (χ0n) is 14.4. The molecule has 0 saturated carbocycles. The number of nitrogens with one attached hydrogen (secondary N) is 1. The molecule has 1 N–H and O–H groups in total. The van der Waals surface area contributed by atoms with Crippen LogP contribution in [0, 0.1) is 17.6 Å². The molecule has 0 spiro atoms. The van der Waals surface area contributed by atoms with Crippen LogP contribution >= 0.6 is 0 Å². The molecule has 1 heterocycles. The SMILES string of the molecule is CCOC(=O)C1CCCN(CC(=O)NCCc2c(F)cccc2F)C1. The number of hydrogen-bond donors (Lipinski definition) is 1. The third kappa shape index (κ3) is 5.77. The standard InChI is InChI=1S/C18H24F2N2O3/c1-2-25-18(24)13-5-4-10-22(11-13)12-17(23)21-9-8-14-15(19)6-3-7-16(14)20/h3,6-7,13H,2,4-5,8-12H2,1H3,(H,21,23). The van der Waals surface area contributed by atoms with Gasteiger partial charge >= 0.3 is 5.97 Å². The first-order chi connectivity index (χ1) is 12.0. The first-order valence-electron chi connectivity index (χ1n) is 8.59. The number of benzene rings is 1. The minimum Gasteiger partial charge on any atom is -0.466 e. The van der Waals surface area contributed by atoms with Crippen LogP contribution in [0.5, 0.6) is 0 Å². The van der Waals surface area contributed by atoms with Gasteiger partial charge in [0.05, 0.1) is 19.1 Å². The molecule has 1 aliphatic heterocycles.